The molecule has 25 heavy (non-hydrogen) atoms. The van der Waals surface area contributed by atoms with Gasteiger partial charge < -0.3 is 10.6 Å². The monoisotopic (exact) mass is 451 g/mol. The molecule has 10 heteroatoms. The van der Waals surface area contributed by atoms with E-state index in [2.05, 4.69) is 23.5 Å². The summed E-state index contributed by atoms with van der Waals surface area (Å²) >= 11 is 1.80. The molecule has 0 spiro atoms. The maximum absolute atomic E-state index is 11.9. The van der Waals surface area contributed by atoms with Crippen molar-refractivity contribution in [2.45, 2.75) is 6.54 Å². The van der Waals surface area contributed by atoms with Crippen molar-refractivity contribution in [1.29, 1.82) is 0 Å². The lowest BCUT2D eigenvalue weighted by molar-refractivity contribution is 0.0989. The summed E-state index contributed by atoms with van der Waals surface area (Å²) in [5.74, 6) is -0.145. The van der Waals surface area contributed by atoms with Crippen molar-refractivity contribution in [2.24, 2.45) is 0 Å². The third-order valence-corrected chi connectivity index (χ3v) is 4.03. The van der Waals surface area contributed by atoms with Crippen LogP contribution in [0, 0.1) is 0 Å². The third kappa shape index (κ3) is 3.68. The molecule has 0 radical (unpaired) electrons. The van der Waals surface area contributed by atoms with Crippen LogP contribution in [0.4, 0.5) is 11.6 Å². The van der Waals surface area contributed by atoms with Gasteiger partial charge >= 0.3 is 0 Å². The zero-order valence-corrected chi connectivity index (χ0v) is 15.3. The first-order valence-electron chi connectivity index (χ1n) is 7.21. The Bertz CT molecular complexity index is 987. The molecule has 0 unspecified atom stereocenters. The van der Waals surface area contributed by atoms with E-state index in [1.54, 1.807) is 41.2 Å². The highest BCUT2D eigenvalue weighted by molar-refractivity contribution is 14.1. The SMILES string of the molecule is CN(Cc1cnc2nc(N)[nH]c(=O)c2n1)c1ccc(C(=O)NI)cc1. The number of aromatic amines is 1. The largest absolute Gasteiger partial charge is 0.369 e. The summed E-state index contributed by atoms with van der Waals surface area (Å²) in [7, 11) is 1.88. The Morgan fingerprint density at radius 3 is 2.72 bits per heavy atom. The molecular weight excluding hydrogens is 437 g/mol. The Labute approximate surface area is 156 Å². The van der Waals surface area contributed by atoms with Gasteiger partial charge in [-0.05, 0) is 24.3 Å². The number of nitrogens with one attached hydrogen (secondary N) is 2. The number of nitrogens with zero attached hydrogens (tertiary/aromatic N) is 4. The Hall–Kier alpha value is -2.76. The Morgan fingerprint density at radius 1 is 1.32 bits per heavy atom. The molecular formula is C15H14IN7O2. The van der Waals surface area contributed by atoms with Crippen molar-refractivity contribution in [1.82, 2.24) is 23.5 Å². The molecule has 0 fully saturated rings. The maximum atomic E-state index is 11.9. The number of carbonyl (C=O) groups is 1. The smallest absolute Gasteiger partial charge is 0.280 e. The number of halogens is 1. The number of anilines is 2. The van der Waals surface area contributed by atoms with Crippen LogP contribution in [-0.2, 0) is 6.54 Å². The van der Waals surface area contributed by atoms with Gasteiger partial charge in [0.05, 0.1) is 41.3 Å². The number of benzene rings is 1. The molecule has 0 saturated heterocycles. The summed E-state index contributed by atoms with van der Waals surface area (Å²) in [6.45, 7) is 0.435. The van der Waals surface area contributed by atoms with E-state index in [4.69, 9.17) is 5.73 Å². The lowest BCUT2D eigenvalue weighted by Crippen LogP contribution is -2.20. The van der Waals surface area contributed by atoms with Crippen LogP contribution in [0.1, 0.15) is 16.1 Å². The molecule has 9 nitrogen and oxygen atoms in total. The third-order valence-electron chi connectivity index (χ3n) is 3.54. The molecule has 3 aromatic rings. The van der Waals surface area contributed by atoms with E-state index in [0.717, 1.165) is 5.69 Å². The second-order valence-corrected chi connectivity index (χ2v) is 5.85. The molecule has 3 rings (SSSR count). The molecule has 0 aliphatic rings. The molecule has 128 valence electrons. The van der Waals surface area contributed by atoms with Crippen molar-refractivity contribution >= 4 is 51.6 Å². The van der Waals surface area contributed by atoms with Crippen LogP contribution in [0.15, 0.2) is 35.3 Å². The summed E-state index contributed by atoms with van der Waals surface area (Å²) < 4.78 is 2.55. The molecule has 0 atom stereocenters. The molecule has 0 aliphatic carbocycles. The van der Waals surface area contributed by atoms with Gasteiger partial charge in [0.2, 0.25) is 5.95 Å². The second-order valence-electron chi connectivity index (χ2n) is 5.31. The average molecular weight is 451 g/mol. The number of aromatic nitrogens is 4. The molecule has 2 heterocycles. The van der Waals surface area contributed by atoms with Crippen LogP contribution < -0.4 is 19.7 Å². The molecule has 1 aromatic carbocycles. The van der Waals surface area contributed by atoms with Crippen LogP contribution in [0.2, 0.25) is 0 Å². The fourth-order valence-electron chi connectivity index (χ4n) is 2.30. The first-order chi connectivity index (χ1) is 12.0. The Balaban J connectivity index is 1.83. The van der Waals surface area contributed by atoms with Crippen molar-refractivity contribution < 1.29 is 4.79 Å². The number of fused-ring (bicyclic) bond motifs is 1. The minimum atomic E-state index is -0.423. The second kappa shape index (κ2) is 7.01. The van der Waals surface area contributed by atoms with E-state index >= 15 is 0 Å². The minimum Gasteiger partial charge on any atom is -0.369 e. The summed E-state index contributed by atoms with van der Waals surface area (Å²) in [6, 6.07) is 7.15. The highest BCUT2D eigenvalue weighted by Gasteiger charge is 2.10. The molecule has 0 aliphatic heterocycles. The zero-order chi connectivity index (χ0) is 18.0. The normalized spacial score (nSPS) is 10.6. The van der Waals surface area contributed by atoms with Crippen LogP contribution in [-0.4, -0.2) is 32.9 Å². The number of amides is 1. The van der Waals surface area contributed by atoms with Crippen molar-refractivity contribution in [3.63, 3.8) is 0 Å². The summed E-state index contributed by atoms with van der Waals surface area (Å²) in [5.41, 5.74) is 7.51. The standard InChI is InChI=1S/C15H14IN7O2/c1-23(10-4-2-8(3-5-10)13(24)22-16)7-9-6-18-12-11(19-9)14(25)21-15(17)20-12/h2-6H,7H2,1H3,(H,22,24)(H3,17,18,20,21,25). The van der Waals surface area contributed by atoms with E-state index < -0.39 is 5.56 Å². The molecule has 0 saturated carbocycles. The highest BCUT2D eigenvalue weighted by atomic mass is 127. The number of H-pyrrole nitrogens is 1. The zero-order valence-electron chi connectivity index (χ0n) is 13.2. The first-order valence-corrected chi connectivity index (χ1v) is 8.29. The Kier molecular flexibility index (Phi) is 4.79. The first kappa shape index (κ1) is 17.1. The highest BCUT2D eigenvalue weighted by Crippen LogP contribution is 2.16. The fraction of sp³-hybridized carbons (Fsp3) is 0.133. The lowest BCUT2D eigenvalue weighted by atomic mass is 10.2. The van der Waals surface area contributed by atoms with Gasteiger partial charge in [0, 0.05) is 18.3 Å². The van der Waals surface area contributed by atoms with E-state index in [-0.39, 0.29) is 23.0 Å². The van der Waals surface area contributed by atoms with Crippen molar-refractivity contribution in [2.75, 3.05) is 17.7 Å². The molecule has 4 N–H and O–H groups in total. The van der Waals surface area contributed by atoms with Crippen LogP contribution in [0.25, 0.3) is 11.2 Å². The van der Waals surface area contributed by atoms with Crippen LogP contribution >= 0.6 is 22.9 Å². The summed E-state index contributed by atoms with van der Waals surface area (Å²) in [6.07, 6.45) is 1.56. The topological polar surface area (TPSA) is 130 Å². The van der Waals surface area contributed by atoms with Gasteiger partial charge in [-0.25, -0.2) is 9.97 Å². The molecule has 1 amide bonds. The van der Waals surface area contributed by atoms with E-state index in [1.165, 1.54) is 0 Å². The van der Waals surface area contributed by atoms with Gasteiger partial charge in [-0.2, -0.15) is 4.98 Å². The lowest BCUT2D eigenvalue weighted by Gasteiger charge is -2.19. The van der Waals surface area contributed by atoms with Crippen molar-refractivity contribution in [3.05, 3.63) is 52.1 Å². The maximum Gasteiger partial charge on any atom is 0.280 e. The number of nitrogens with two attached hydrogens (primary N) is 1. The predicted octanol–water partition coefficient (Wildman–Crippen LogP) is 1.01. The van der Waals surface area contributed by atoms with Gasteiger partial charge in [0.1, 0.15) is 0 Å². The van der Waals surface area contributed by atoms with Gasteiger partial charge in [-0.1, -0.05) is 0 Å². The van der Waals surface area contributed by atoms with Gasteiger partial charge in [0.25, 0.3) is 11.5 Å². The molecule has 0 bridgehead atoms. The summed E-state index contributed by atoms with van der Waals surface area (Å²) in [4.78, 5) is 40.2. The number of nitrogen functional groups attached to an aromatic ring is 1. The van der Waals surface area contributed by atoms with Crippen molar-refractivity contribution in [3.8, 4) is 0 Å². The quantitative estimate of drug-likeness (QED) is 0.399. The average Bonchev–Trinajstić information content (AvgIpc) is 2.61. The number of carbonyl (C=O) groups excluding carboxylic acids is 1. The van der Waals surface area contributed by atoms with E-state index in [9.17, 15) is 9.59 Å². The van der Waals surface area contributed by atoms with Gasteiger partial charge in [0.15, 0.2) is 11.2 Å². The molecule has 2 aromatic heterocycles. The van der Waals surface area contributed by atoms with E-state index in [0.29, 0.717) is 17.8 Å². The number of hydrogen-bond donors (Lipinski definition) is 3. The summed E-state index contributed by atoms with van der Waals surface area (Å²) in [5, 5.41) is 0. The fourth-order valence-corrected chi connectivity index (χ4v) is 2.61. The van der Waals surface area contributed by atoms with Crippen LogP contribution in [0.5, 0.6) is 0 Å². The minimum absolute atomic E-state index is 0.00676. The Morgan fingerprint density at radius 2 is 2.04 bits per heavy atom. The number of hydrogen-bond acceptors (Lipinski definition) is 7. The van der Waals surface area contributed by atoms with E-state index in [1.807, 2.05) is 24.1 Å². The predicted molar refractivity (Wildman–Crippen MR) is 102 cm³/mol. The number of rotatable bonds is 4. The van der Waals surface area contributed by atoms with Crippen LogP contribution in [0.3, 0.4) is 0 Å². The van der Waals surface area contributed by atoms with Gasteiger partial charge in [-0.3, -0.25) is 18.1 Å². The van der Waals surface area contributed by atoms with Gasteiger partial charge in [-0.15, -0.1) is 0 Å².